The van der Waals surface area contributed by atoms with Gasteiger partial charge in [-0.15, -0.1) is 0 Å². The number of hydrogen-bond donors (Lipinski definition) is 2. The number of methoxy groups -OCH3 is 1. The van der Waals surface area contributed by atoms with Gasteiger partial charge in [-0.05, 0) is 49.4 Å². The number of hydrogen-bond acceptors (Lipinski definition) is 7. The Balaban J connectivity index is 2.25. The van der Waals surface area contributed by atoms with Gasteiger partial charge in [0.2, 0.25) is 15.9 Å². The van der Waals surface area contributed by atoms with Gasteiger partial charge in [0.15, 0.2) is 0 Å². The number of rotatable bonds is 10. The minimum Gasteiger partial charge on any atom is -0.495 e. The molecule has 2 N–H and O–H groups in total. The van der Waals surface area contributed by atoms with Crippen molar-refractivity contribution in [2.75, 3.05) is 43.6 Å². The maximum absolute atomic E-state index is 12.9. The summed E-state index contributed by atoms with van der Waals surface area (Å²) in [4.78, 5) is 11.9. The van der Waals surface area contributed by atoms with Gasteiger partial charge in [-0.1, -0.05) is 0 Å². The van der Waals surface area contributed by atoms with Crippen LogP contribution in [0.4, 0.5) is 11.4 Å². The first-order chi connectivity index (χ1) is 14.5. The van der Waals surface area contributed by atoms with E-state index < -0.39 is 32.5 Å². The maximum Gasteiger partial charge on any atom is 0.265 e. The lowest BCUT2D eigenvalue weighted by molar-refractivity contribution is -0.116. The number of carbonyl (C=O) groups is 1. The quantitative estimate of drug-likeness (QED) is 0.539. The summed E-state index contributed by atoms with van der Waals surface area (Å²) in [6, 6.07) is 10.5. The zero-order valence-electron chi connectivity index (χ0n) is 17.6. The molecule has 0 aliphatic heterocycles. The number of anilines is 2. The van der Waals surface area contributed by atoms with Crippen LogP contribution in [0.15, 0.2) is 47.4 Å². The van der Waals surface area contributed by atoms with Gasteiger partial charge in [0.25, 0.3) is 10.0 Å². The van der Waals surface area contributed by atoms with E-state index in [9.17, 15) is 21.6 Å². The third-order valence-electron chi connectivity index (χ3n) is 4.09. The van der Waals surface area contributed by atoms with Crippen molar-refractivity contribution in [2.45, 2.75) is 11.8 Å². The average Bonchev–Trinajstić information content (AvgIpc) is 2.68. The summed E-state index contributed by atoms with van der Waals surface area (Å²) >= 11 is 0. The molecule has 0 saturated heterocycles. The van der Waals surface area contributed by atoms with E-state index >= 15 is 0 Å². The number of likely N-dealkylation sites (N-methyl/N-ethyl adjacent to an activating group) is 1. The van der Waals surface area contributed by atoms with Crippen molar-refractivity contribution in [1.82, 2.24) is 4.31 Å². The van der Waals surface area contributed by atoms with Crippen LogP contribution in [0.1, 0.15) is 6.92 Å². The molecule has 0 aromatic heterocycles. The standard InChI is InChI=1S/C19H25N3O7S2/c1-5-29-16-9-6-14(7-10-16)21-31(26,27)18-12-15(8-11-17(18)28-3)20-19(23)13-22(2)30(4,24)25/h6-12,21H,5,13H2,1-4H3,(H,20,23). The van der Waals surface area contributed by atoms with Crippen molar-refractivity contribution in [3.8, 4) is 11.5 Å². The molecule has 31 heavy (non-hydrogen) atoms. The maximum atomic E-state index is 12.9. The van der Waals surface area contributed by atoms with E-state index in [2.05, 4.69) is 10.0 Å². The minimum atomic E-state index is -4.06. The molecule has 0 aliphatic carbocycles. The van der Waals surface area contributed by atoms with E-state index in [4.69, 9.17) is 9.47 Å². The van der Waals surface area contributed by atoms with E-state index in [-0.39, 0.29) is 16.3 Å². The third kappa shape index (κ3) is 6.84. The molecule has 170 valence electrons. The van der Waals surface area contributed by atoms with Crippen LogP contribution >= 0.6 is 0 Å². The fourth-order valence-corrected chi connectivity index (χ4v) is 4.09. The molecule has 0 aliphatic rings. The Kier molecular flexibility index (Phi) is 7.87. The largest absolute Gasteiger partial charge is 0.495 e. The number of sulfonamides is 2. The summed E-state index contributed by atoms with van der Waals surface area (Å²) in [5.41, 5.74) is 0.481. The molecule has 0 radical (unpaired) electrons. The van der Waals surface area contributed by atoms with Crippen LogP contribution in [0.5, 0.6) is 11.5 Å². The highest BCUT2D eigenvalue weighted by Crippen LogP contribution is 2.29. The molecule has 0 bridgehead atoms. The van der Waals surface area contributed by atoms with Gasteiger partial charge in [-0.2, -0.15) is 4.31 Å². The predicted octanol–water partition coefficient (Wildman–Crippen LogP) is 1.72. The highest BCUT2D eigenvalue weighted by atomic mass is 32.2. The number of ether oxygens (including phenoxy) is 2. The van der Waals surface area contributed by atoms with E-state index in [1.807, 2.05) is 6.92 Å². The normalized spacial score (nSPS) is 11.8. The third-order valence-corrected chi connectivity index (χ3v) is 6.75. The first-order valence-corrected chi connectivity index (χ1v) is 12.4. The second-order valence-corrected chi connectivity index (χ2v) is 10.2. The van der Waals surface area contributed by atoms with Gasteiger partial charge in [-0.25, -0.2) is 16.8 Å². The lowest BCUT2D eigenvalue weighted by Gasteiger charge is -2.16. The van der Waals surface area contributed by atoms with E-state index in [1.54, 1.807) is 24.3 Å². The number of amides is 1. The molecule has 1 amide bonds. The van der Waals surface area contributed by atoms with Gasteiger partial charge in [0.1, 0.15) is 16.4 Å². The molecule has 0 atom stereocenters. The van der Waals surface area contributed by atoms with Gasteiger partial charge < -0.3 is 14.8 Å². The molecule has 10 nitrogen and oxygen atoms in total. The van der Waals surface area contributed by atoms with Crippen LogP contribution < -0.4 is 19.5 Å². The molecule has 2 aromatic rings. The molecule has 0 heterocycles. The Hall–Kier alpha value is -2.83. The highest BCUT2D eigenvalue weighted by molar-refractivity contribution is 7.92. The molecule has 0 unspecified atom stereocenters. The molecule has 12 heteroatoms. The van der Waals surface area contributed by atoms with Crippen molar-refractivity contribution >= 4 is 37.3 Å². The predicted molar refractivity (Wildman–Crippen MR) is 118 cm³/mol. The summed E-state index contributed by atoms with van der Waals surface area (Å²) in [5, 5.41) is 2.48. The number of carbonyl (C=O) groups excluding carboxylic acids is 1. The highest BCUT2D eigenvalue weighted by Gasteiger charge is 2.22. The van der Waals surface area contributed by atoms with E-state index in [0.29, 0.717) is 18.0 Å². The van der Waals surface area contributed by atoms with Crippen LogP contribution in [0.3, 0.4) is 0 Å². The Morgan fingerprint density at radius 3 is 2.19 bits per heavy atom. The van der Waals surface area contributed by atoms with Crippen molar-refractivity contribution < 1.29 is 31.1 Å². The zero-order chi connectivity index (χ0) is 23.2. The summed E-state index contributed by atoms with van der Waals surface area (Å²) in [6.07, 6.45) is 0.977. The molecule has 0 fully saturated rings. The van der Waals surface area contributed by atoms with Crippen molar-refractivity contribution in [2.24, 2.45) is 0 Å². The summed E-state index contributed by atoms with van der Waals surface area (Å²) in [7, 11) is -5.01. The average molecular weight is 472 g/mol. The number of nitrogens with one attached hydrogen (secondary N) is 2. The molecular formula is C19H25N3O7S2. The Labute approximate surface area is 182 Å². The van der Waals surface area contributed by atoms with Crippen molar-refractivity contribution in [3.63, 3.8) is 0 Å². The Morgan fingerprint density at radius 2 is 1.65 bits per heavy atom. The van der Waals surface area contributed by atoms with Crippen LogP contribution in [0, 0.1) is 0 Å². The monoisotopic (exact) mass is 471 g/mol. The fourth-order valence-electron chi connectivity index (χ4n) is 2.48. The topological polar surface area (TPSA) is 131 Å². The molecule has 0 saturated carbocycles. The lowest BCUT2D eigenvalue weighted by Crippen LogP contribution is -2.34. The second kappa shape index (κ2) is 9.98. The van der Waals surface area contributed by atoms with Crippen molar-refractivity contribution in [3.05, 3.63) is 42.5 Å². The molecule has 2 rings (SSSR count). The molecule has 0 spiro atoms. The van der Waals surface area contributed by atoms with Gasteiger partial charge in [-0.3, -0.25) is 9.52 Å². The fraction of sp³-hybridized carbons (Fsp3) is 0.316. The number of benzene rings is 2. The smallest absolute Gasteiger partial charge is 0.265 e. The summed E-state index contributed by atoms with van der Waals surface area (Å²) in [6.45, 7) is 1.91. The van der Waals surface area contributed by atoms with Crippen LogP contribution in [-0.2, 0) is 24.8 Å². The second-order valence-electron chi connectivity index (χ2n) is 6.50. The molecule has 2 aromatic carbocycles. The zero-order valence-corrected chi connectivity index (χ0v) is 19.2. The van der Waals surface area contributed by atoms with Crippen LogP contribution in [0.25, 0.3) is 0 Å². The van der Waals surface area contributed by atoms with Gasteiger partial charge in [0.05, 0.1) is 26.5 Å². The van der Waals surface area contributed by atoms with Gasteiger partial charge in [0, 0.05) is 18.4 Å². The van der Waals surface area contributed by atoms with Gasteiger partial charge >= 0.3 is 0 Å². The van der Waals surface area contributed by atoms with Crippen LogP contribution in [0.2, 0.25) is 0 Å². The minimum absolute atomic E-state index is 0.0738. The number of nitrogens with zero attached hydrogens (tertiary/aromatic N) is 1. The Bertz CT molecular complexity index is 1130. The summed E-state index contributed by atoms with van der Waals surface area (Å²) < 4.78 is 62.5. The first kappa shape index (κ1) is 24.4. The lowest BCUT2D eigenvalue weighted by atomic mass is 10.3. The summed E-state index contributed by atoms with van der Waals surface area (Å²) in [5.74, 6) is 0.0531. The molecular weight excluding hydrogens is 446 g/mol. The first-order valence-electron chi connectivity index (χ1n) is 9.11. The van der Waals surface area contributed by atoms with Crippen molar-refractivity contribution in [1.29, 1.82) is 0 Å². The SMILES string of the molecule is CCOc1ccc(NS(=O)(=O)c2cc(NC(=O)CN(C)S(C)(=O)=O)ccc2OC)cc1. The van der Waals surface area contributed by atoms with E-state index in [0.717, 1.165) is 10.6 Å². The van der Waals surface area contributed by atoms with Crippen LogP contribution in [-0.4, -0.2) is 60.6 Å². The van der Waals surface area contributed by atoms with E-state index in [1.165, 1.54) is 32.4 Å². The Morgan fingerprint density at radius 1 is 1.03 bits per heavy atom.